The molecule has 2 aliphatic rings. The van der Waals surface area contributed by atoms with E-state index in [0.29, 0.717) is 12.0 Å². The number of fused-ring (bicyclic) bond motifs is 1. The molecule has 0 bridgehead atoms. The van der Waals surface area contributed by atoms with Gasteiger partial charge in [-0.25, -0.2) is 0 Å². The second-order valence-corrected chi connectivity index (χ2v) is 6.23. The number of hydrogen-bond donors (Lipinski definition) is 1. The Morgan fingerprint density at radius 1 is 1.12 bits per heavy atom. The van der Waals surface area contributed by atoms with Crippen LogP contribution in [0, 0.1) is 5.92 Å². The maximum absolute atomic E-state index is 6.88. The smallest absolute Gasteiger partial charge is 0.0505 e. The van der Waals surface area contributed by atoms with Crippen LogP contribution in [0.1, 0.15) is 43.7 Å². The van der Waals surface area contributed by atoms with Gasteiger partial charge in [0.05, 0.1) is 4.87 Å². The van der Waals surface area contributed by atoms with Gasteiger partial charge in [0.25, 0.3) is 0 Å². The van der Waals surface area contributed by atoms with Crippen LogP contribution in [0.25, 0.3) is 0 Å². The summed E-state index contributed by atoms with van der Waals surface area (Å²) in [6, 6.07) is 11.3. The van der Waals surface area contributed by atoms with Gasteiger partial charge in [-0.05, 0) is 37.3 Å². The van der Waals surface area contributed by atoms with Crippen LogP contribution >= 0.6 is 11.6 Å². The molecular weight excluding hydrogens is 230 g/mol. The molecule has 2 fully saturated rings. The predicted octanol–water partition coefficient (Wildman–Crippen LogP) is 3.89. The molecule has 1 aromatic carbocycles. The van der Waals surface area contributed by atoms with Crippen LogP contribution in [-0.2, 0) is 0 Å². The topological polar surface area (TPSA) is 12.0 Å². The first-order valence-electron chi connectivity index (χ1n) is 6.77. The number of rotatable bonds is 1. The van der Waals surface area contributed by atoms with Crippen molar-refractivity contribution >= 4 is 11.6 Å². The van der Waals surface area contributed by atoms with E-state index in [1.807, 2.05) is 0 Å². The van der Waals surface area contributed by atoms with E-state index in [1.165, 1.54) is 31.2 Å². The van der Waals surface area contributed by atoms with Crippen LogP contribution in [-0.4, -0.2) is 11.4 Å². The minimum atomic E-state index is 0.0595. The van der Waals surface area contributed by atoms with Crippen LogP contribution in [0.4, 0.5) is 0 Å². The SMILES string of the molecule is Cl[C@]12CCCC[C@H]1[C@@H](c1ccccc1)NCC2. The summed E-state index contributed by atoms with van der Waals surface area (Å²) in [7, 11) is 0. The third kappa shape index (κ3) is 2.11. The van der Waals surface area contributed by atoms with E-state index in [2.05, 4.69) is 35.6 Å². The molecule has 1 heterocycles. The number of halogens is 1. The van der Waals surface area contributed by atoms with Crippen LogP contribution in [0.3, 0.4) is 0 Å². The molecule has 17 heavy (non-hydrogen) atoms. The molecule has 1 aliphatic heterocycles. The van der Waals surface area contributed by atoms with Gasteiger partial charge in [0.2, 0.25) is 0 Å². The van der Waals surface area contributed by atoms with Crippen molar-refractivity contribution in [2.24, 2.45) is 5.92 Å². The average molecular weight is 250 g/mol. The lowest BCUT2D eigenvalue weighted by atomic mass is 9.69. The second-order valence-electron chi connectivity index (χ2n) is 5.48. The molecule has 92 valence electrons. The summed E-state index contributed by atoms with van der Waals surface area (Å²) in [6.45, 7) is 1.06. The highest BCUT2D eigenvalue weighted by Crippen LogP contribution is 2.49. The highest BCUT2D eigenvalue weighted by molar-refractivity contribution is 6.24. The summed E-state index contributed by atoms with van der Waals surface area (Å²) in [5.74, 6) is 0.606. The van der Waals surface area contributed by atoms with Crippen LogP contribution < -0.4 is 5.32 Å². The highest BCUT2D eigenvalue weighted by atomic mass is 35.5. The molecule has 3 atom stereocenters. The lowest BCUT2D eigenvalue weighted by Crippen LogP contribution is -2.50. The standard InChI is InChI=1S/C15H20ClN/c16-15-9-5-4-8-13(15)14(17-11-10-15)12-6-2-1-3-7-12/h1-3,6-7,13-14,17H,4-5,8-11H2/t13-,14+,15-/m0/s1. The van der Waals surface area contributed by atoms with Crippen LogP contribution in [0.5, 0.6) is 0 Å². The molecule has 0 amide bonds. The van der Waals surface area contributed by atoms with E-state index in [9.17, 15) is 0 Å². The molecule has 3 rings (SSSR count). The van der Waals surface area contributed by atoms with Gasteiger partial charge in [-0.15, -0.1) is 11.6 Å². The first-order chi connectivity index (χ1) is 8.30. The molecular formula is C15H20ClN. The van der Waals surface area contributed by atoms with Gasteiger partial charge in [0.15, 0.2) is 0 Å². The van der Waals surface area contributed by atoms with Crippen molar-refractivity contribution in [3.05, 3.63) is 35.9 Å². The van der Waals surface area contributed by atoms with Gasteiger partial charge in [-0.1, -0.05) is 43.2 Å². The van der Waals surface area contributed by atoms with Crippen molar-refractivity contribution in [3.63, 3.8) is 0 Å². The zero-order valence-corrected chi connectivity index (χ0v) is 10.9. The maximum Gasteiger partial charge on any atom is 0.0505 e. The molecule has 1 nitrogen and oxygen atoms in total. The number of nitrogens with one attached hydrogen (secondary N) is 1. The Morgan fingerprint density at radius 2 is 1.94 bits per heavy atom. The van der Waals surface area contributed by atoms with Crippen molar-refractivity contribution in [3.8, 4) is 0 Å². The molecule has 1 saturated carbocycles. The molecule has 0 radical (unpaired) electrons. The van der Waals surface area contributed by atoms with E-state index >= 15 is 0 Å². The Kier molecular flexibility index (Phi) is 3.14. The molecule has 1 N–H and O–H groups in total. The largest absolute Gasteiger partial charge is 0.310 e. The zero-order chi connectivity index (χ0) is 11.7. The van der Waals surface area contributed by atoms with Gasteiger partial charge in [-0.2, -0.15) is 0 Å². The first-order valence-corrected chi connectivity index (χ1v) is 7.15. The van der Waals surface area contributed by atoms with E-state index in [4.69, 9.17) is 11.6 Å². The Labute approximate surface area is 109 Å². The predicted molar refractivity (Wildman–Crippen MR) is 72.3 cm³/mol. The van der Waals surface area contributed by atoms with Crippen molar-refractivity contribution in [2.45, 2.75) is 43.0 Å². The highest BCUT2D eigenvalue weighted by Gasteiger charge is 2.45. The van der Waals surface area contributed by atoms with Crippen molar-refractivity contribution in [2.75, 3.05) is 6.54 Å². The molecule has 0 aromatic heterocycles. The Hall–Kier alpha value is -0.530. The number of piperidine rings is 1. The maximum atomic E-state index is 6.88. The fourth-order valence-corrected chi connectivity index (χ4v) is 4.05. The third-order valence-corrected chi connectivity index (χ3v) is 5.15. The van der Waals surface area contributed by atoms with Gasteiger partial charge < -0.3 is 5.32 Å². The first kappa shape index (κ1) is 11.6. The van der Waals surface area contributed by atoms with E-state index < -0.39 is 0 Å². The van der Waals surface area contributed by atoms with Crippen molar-refractivity contribution in [1.29, 1.82) is 0 Å². The summed E-state index contributed by atoms with van der Waals surface area (Å²) < 4.78 is 0. The summed E-state index contributed by atoms with van der Waals surface area (Å²) in [4.78, 5) is 0.0595. The lowest BCUT2D eigenvalue weighted by Gasteiger charge is -2.48. The quantitative estimate of drug-likeness (QED) is 0.745. The van der Waals surface area contributed by atoms with E-state index in [1.54, 1.807) is 0 Å². The molecule has 1 aliphatic carbocycles. The zero-order valence-electron chi connectivity index (χ0n) is 10.2. The van der Waals surface area contributed by atoms with E-state index in [-0.39, 0.29) is 4.87 Å². The molecule has 0 unspecified atom stereocenters. The fourth-order valence-electron chi connectivity index (χ4n) is 3.59. The summed E-state index contributed by atoms with van der Waals surface area (Å²) in [5.41, 5.74) is 1.41. The molecule has 2 heteroatoms. The van der Waals surface area contributed by atoms with Gasteiger partial charge in [0.1, 0.15) is 0 Å². The van der Waals surface area contributed by atoms with Crippen LogP contribution in [0.2, 0.25) is 0 Å². The molecule has 1 aromatic rings. The number of alkyl halides is 1. The lowest BCUT2D eigenvalue weighted by molar-refractivity contribution is 0.157. The van der Waals surface area contributed by atoms with Crippen molar-refractivity contribution < 1.29 is 0 Å². The molecule has 1 saturated heterocycles. The van der Waals surface area contributed by atoms with Crippen molar-refractivity contribution in [1.82, 2.24) is 5.32 Å². The average Bonchev–Trinajstić information content (AvgIpc) is 2.38. The Morgan fingerprint density at radius 3 is 2.76 bits per heavy atom. The molecule has 0 spiro atoms. The Balaban J connectivity index is 1.89. The Bertz CT molecular complexity index is 374. The minimum absolute atomic E-state index is 0.0595. The second kappa shape index (κ2) is 4.62. The fraction of sp³-hybridized carbons (Fsp3) is 0.600. The summed E-state index contributed by atoms with van der Waals surface area (Å²) >= 11 is 6.88. The van der Waals surface area contributed by atoms with Gasteiger partial charge in [0, 0.05) is 6.04 Å². The summed E-state index contributed by atoms with van der Waals surface area (Å²) in [5, 5.41) is 3.68. The number of hydrogen-bond acceptors (Lipinski definition) is 1. The van der Waals surface area contributed by atoms with Crippen LogP contribution in [0.15, 0.2) is 30.3 Å². The van der Waals surface area contributed by atoms with Gasteiger partial charge >= 0.3 is 0 Å². The monoisotopic (exact) mass is 249 g/mol. The normalized spacial score (nSPS) is 37.5. The van der Waals surface area contributed by atoms with Gasteiger partial charge in [-0.3, -0.25) is 0 Å². The summed E-state index contributed by atoms with van der Waals surface area (Å²) in [6.07, 6.45) is 6.24. The minimum Gasteiger partial charge on any atom is -0.310 e. The third-order valence-electron chi connectivity index (χ3n) is 4.49. The van der Waals surface area contributed by atoms with E-state index in [0.717, 1.165) is 13.0 Å². The number of benzene rings is 1.